The molecule has 0 bridgehead atoms. The average molecular weight is 463 g/mol. The maximum Gasteiger partial charge on any atom is 0.266 e. The summed E-state index contributed by atoms with van der Waals surface area (Å²) in [6, 6.07) is 19.9. The summed E-state index contributed by atoms with van der Waals surface area (Å²) in [6.45, 7) is 0. The van der Waals surface area contributed by atoms with Crippen LogP contribution in [0, 0.1) is 5.82 Å². The quantitative estimate of drug-likeness (QED) is 0.196. The first kappa shape index (κ1) is 22.2. The lowest BCUT2D eigenvalue weighted by Gasteiger charge is -2.13. The highest BCUT2D eigenvalue weighted by Crippen LogP contribution is 2.22. The standard InChI is InChI=1S/C24H19FN4O3S/c1-32-19-11-9-18(10-12-19)29-23(31)20-7-2-3-8-21(20)27-24(29)33-15-22(30)28-26-14-16-5-4-6-17(25)13-16/h2-14H,15H2,1H3,(H,28,30)/b26-14-. The minimum Gasteiger partial charge on any atom is -0.497 e. The summed E-state index contributed by atoms with van der Waals surface area (Å²) >= 11 is 1.11. The molecule has 4 rings (SSSR count). The minimum atomic E-state index is -0.392. The van der Waals surface area contributed by atoms with Crippen LogP contribution in [0.25, 0.3) is 16.6 Å². The van der Waals surface area contributed by atoms with Crippen LogP contribution >= 0.6 is 11.8 Å². The van der Waals surface area contributed by atoms with Gasteiger partial charge >= 0.3 is 0 Å². The van der Waals surface area contributed by atoms with Crippen LogP contribution in [-0.4, -0.2) is 34.5 Å². The third-order valence-corrected chi connectivity index (χ3v) is 5.60. The van der Waals surface area contributed by atoms with Crippen LogP contribution in [0.5, 0.6) is 5.75 Å². The van der Waals surface area contributed by atoms with Crippen molar-refractivity contribution in [3.63, 3.8) is 0 Å². The number of ether oxygens (including phenoxy) is 1. The van der Waals surface area contributed by atoms with Crippen molar-refractivity contribution >= 4 is 34.8 Å². The van der Waals surface area contributed by atoms with Crippen molar-refractivity contribution in [1.82, 2.24) is 15.0 Å². The molecule has 1 aromatic heterocycles. The number of amides is 1. The molecule has 0 fully saturated rings. The van der Waals surface area contributed by atoms with Gasteiger partial charge < -0.3 is 4.74 Å². The molecule has 1 N–H and O–H groups in total. The summed E-state index contributed by atoms with van der Waals surface area (Å²) in [6.07, 6.45) is 1.35. The van der Waals surface area contributed by atoms with Crippen molar-refractivity contribution in [2.75, 3.05) is 12.9 Å². The number of thioether (sulfide) groups is 1. The van der Waals surface area contributed by atoms with Gasteiger partial charge in [-0.15, -0.1) is 0 Å². The van der Waals surface area contributed by atoms with Crippen molar-refractivity contribution in [2.24, 2.45) is 5.10 Å². The predicted molar refractivity (Wildman–Crippen MR) is 127 cm³/mol. The Labute approximate surface area is 192 Å². The molecular formula is C24H19FN4O3S. The van der Waals surface area contributed by atoms with Crippen molar-refractivity contribution in [3.8, 4) is 11.4 Å². The number of para-hydroxylation sites is 1. The highest BCUT2D eigenvalue weighted by atomic mass is 32.2. The van der Waals surface area contributed by atoms with Crippen LogP contribution in [0.15, 0.2) is 87.8 Å². The monoisotopic (exact) mass is 462 g/mol. The van der Waals surface area contributed by atoms with Crippen molar-refractivity contribution in [1.29, 1.82) is 0 Å². The molecule has 0 saturated heterocycles. The van der Waals surface area contributed by atoms with Gasteiger partial charge in [-0.05, 0) is 54.1 Å². The maximum atomic E-state index is 13.2. The Balaban J connectivity index is 1.57. The van der Waals surface area contributed by atoms with Gasteiger partial charge in [-0.1, -0.05) is 36.0 Å². The zero-order valence-corrected chi connectivity index (χ0v) is 18.4. The number of halogens is 1. The largest absolute Gasteiger partial charge is 0.497 e. The highest BCUT2D eigenvalue weighted by molar-refractivity contribution is 7.99. The normalized spacial score (nSPS) is 11.1. The second kappa shape index (κ2) is 10.1. The Bertz CT molecular complexity index is 1390. The topological polar surface area (TPSA) is 85.6 Å². The van der Waals surface area contributed by atoms with Crippen molar-refractivity contribution in [3.05, 3.63) is 94.5 Å². The molecule has 166 valence electrons. The summed E-state index contributed by atoms with van der Waals surface area (Å²) in [5.41, 5.74) is 3.83. The number of aromatic nitrogens is 2. The van der Waals surface area contributed by atoms with E-state index in [4.69, 9.17) is 4.74 Å². The van der Waals surface area contributed by atoms with E-state index in [1.165, 1.54) is 22.9 Å². The minimum absolute atomic E-state index is 0.0264. The summed E-state index contributed by atoms with van der Waals surface area (Å²) in [7, 11) is 1.56. The zero-order valence-electron chi connectivity index (χ0n) is 17.6. The molecule has 0 radical (unpaired) electrons. The Kier molecular flexibility index (Phi) is 6.80. The van der Waals surface area contributed by atoms with E-state index in [9.17, 15) is 14.0 Å². The van der Waals surface area contributed by atoms with E-state index in [1.807, 2.05) is 0 Å². The lowest BCUT2D eigenvalue weighted by atomic mass is 10.2. The molecule has 0 aliphatic heterocycles. The number of nitrogens with zero attached hydrogens (tertiary/aromatic N) is 3. The van der Waals surface area contributed by atoms with E-state index >= 15 is 0 Å². The number of benzene rings is 3. The molecule has 0 unspecified atom stereocenters. The SMILES string of the molecule is COc1ccc(-n2c(SCC(=O)N/N=C\c3cccc(F)c3)nc3ccccc3c2=O)cc1. The molecule has 33 heavy (non-hydrogen) atoms. The fourth-order valence-corrected chi connectivity index (χ4v) is 3.90. The van der Waals surface area contributed by atoms with Gasteiger partial charge in [-0.25, -0.2) is 14.8 Å². The first-order valence-electron chi connectivity index (χ1n) is 9.91. The number of hydrazone groups is 1. The van der Waals surface area contributed by atoms with Crippen molar-refractivity contribution in [2.45, 2.75) is 5.16 Å². The van der Waals surface area contributed by atoms with E-state index in [0.29, 0.717) is 33.1 Å². The Hall–Kier alpha value is -3.98. The molecule has 3 aromatic carbocycles. The number of carbonyl (C=O) groups excluding carboxylic acids is 1. The molecule has 7 nitrogen and oxygen atoms in total. The fraction of sp³-hybridized carbons (Fsp3) is 0.0833. The number of fused-ring (bicyclic) bond motifs is 1. The van der Waals surface area contributed by atoms with E-state index < -0.39 is 5.91 Å². The fourth-order valence-electron chi connectivity index (χ4n) is 3.10. The molecule has 0 saturated carbocycles. The van der Waals surface area contributed by atoms with Gasteiger partial charge in [-0.2, -0.15) is 5.10 Å². The molecule has 0 spiro atoms. The predicted octanol–water partition coefficient (Wildman–Crippen LogP) is 3.78. The van der Waals surface area contributed by atoms with Crippen LogP contribution in [-0.2, 0) is 4.79 Å². The van der Waals surface area contributed by atoms with Crippen molar-refractivity contribution < 1.29 is 13.9 Å². The third kappa shape index (κ3) is 5.27. The number of nitrogens with one attached hydrogen (secondary N) is 1. The first-order valence-corrected chi connectivity index (χ1v) is 10.9. The van der Waals surface area contributed by atoms with Gasteiger partial charge in [0.15, 0.2) is 5.16 Å². The number of methoxy groups -OCH3 is 1. The third-order valence-electron chi connectivity index (χ3n) is 4.66. The maximum absolute atomic E-state index is 13.2. The second-order valence-corrected chi connectivity index (χ2v) is 7.83. The first-order chi connectivity index (χ1) is 16.0. The summed E-state index contributed by atoms with van der Waals surface area (Å²) in [5, 5.41) is 4.70. The van der Waals surface area contributed by atoms with Crippen LogP contribution in [0.1, 0.15) is 5.56 Å². The van der Waals surface area contributed by atoms with Gasteiger partial charge in [0.05, 0.1) is 35.7 Å². The molecule has 9 heteroatoms. The average Bonchev–Trinajstić information content (AvgIpc) is 2.83. The van der Waals surface area contributed by atoms with Gasteiger partial charge in [0.1, 0.15) is 11.6 Å². The zero-order chi connectivity index (χ0) is 23.2. The lowest BCUT2D eigenvalue weighted by molar-refractivity contribution is -0.118. The van der Waals surface area contributed by atoms with Gasteiger partial charge in [0, 0.05) is 0 Å². The van der Waals surface area contributed by atoms with Gasteiger partial charge in [0.2, 0.25) is 0 Å². The Morgan fingerprint density at radius 2 is 1.94 bits per heavy atom. The molecule has 4 aromatic rings. The van der Waals surface area contributed by atoms with E-state index in [1.54, 1.807) is 67.8 Å². The number of carbonyl (C=O) groups is 1. The molecule has 0 atom stereocenters. The Morgan fingerprint density at radius 3 is 2.70 bits per heavy atom. The smallest absolute Gasteiger partial charge is 0.266 e. The number of hydrogen-bond acceptors (Lipinski definition) is 6. The lowest BCUT2D eigenvalue weighted by Crippen LogP contribution is -2.24. The van der Waals surface area contributed by atoms with E-state index in [0.717, 1.165) is 11.8 Å². The van der Waals surface area contributed by atoms with Crippen LogP contribution in [0.4, 0.5) is 4.39 Å². The van der Waals surface area contributed by atoms with E-state index in [-0.39, 0.29) is 17.1 Å². The summed E-state index contributed by atoms with van der Waals surface area (Å²) < 4.78 is 19.9. The number of hydrogen-bond donors (Lipinski definition) is 1. The molecule has 0 aliphatic carbocycles. The van der Waals surface area contributed by atoms with Gasteiger partial charge in [0.25, 0.3) is 11.5 Å². The highest BCUT2D eigenvalue weighted by Gasteiger charge is 2.15. The van der Waals surface area contributed by atoms with Crippen LogP contribution < -0.4 is 15.7 Å². The number of rotatable bonds is 7. The van der Waals surface area contributed by atoms with E-state index in [2.05, 4.69) is 15.5 Å². The summed E-state index contributed by atoms with van der Waals surface area (Å²) in [4.78, 5) is 30.1. The molecule has 0 aliphatic rings. The summed E-state index contributed by atoms with van der Waals surface area (Å²) in [5.74, 6) is -0.150. The van der Waals surface area contributed by atoms with Crippen LogP contribution in [0.3, 0.4) is 0 Å². The molecular weight excluding hydrogens is 443 g/mol. The second-order valence-electron chi connectivity index (χ2n) is 6.89. The molecule has 1 amide bonds. The molecule has 1 heterocycles. The van der Waals surface area contributed by atoms with Crippen LogP contribution in [0.2, 0.25) is 0 Å². The van der Waals surface area contributed by atoms with Gasteiger partial charge in [-0.3, -0.25) is 14.2 Å². The Morgan fingerprint density at radius 1 is 1.15 bits per heavy atom.